The van der Waals surface area contributed by atoms with Gasteiger partial charge in [0.1, 0.15) is 11.5 Å². The van der Waals surface area contributed by atoms with E-state index in [0.29, 0.717) is 11.5 Å². The first-order chi connectivity index (χ1) is 7.60. The number of hydrogen-bond donors (Lipinski definition) is 1. The summed E-state index contributed by atoms with van der Waals surface area (Å²) in [5.74, 6) is 0.676. The van der Waals surface area contributed by atoms with E-state index in [-0.39, 0.29) is 11.9 Å². The smallest absolute Gasteiger partial charge is 0.272 e. The molecular formula is C12H19N3O. The number of rotatable bonds is 4. The molecule has 1 N–H and O–H groups in total. The lowest BCUT2D eigenvalue weighted by Crippen LogP contribution is -2.35. The molecule has 0 fully saturated rings. The second kappa shape index (κ2) is 5.49. The van der Waals surface area contributed by atoms with Crippen LogP contribution in [0.15, 0.2) is 18.2 Å². The van der Waals surface area contributed by atoms with Gasteiger partial charge in [-0.2, -0.15) is 0 Å². The van der Waals surface area contributed by atoms with Gasteiger partial charge in [-0.3, -0.25) is 4.79 Å². The Morgan fingerprint density at radius 2 is 2.25 bits per heavy atom. The highest BCUT2D eigenvalue weighted by atomic mass is 16.2. The number of anilines is 1. The van der Waals surface area contributed by atoms with Crippen molar-refractivity contribution in [3.05, 3.63) is 23.9 Å². The predicted molar refractivity (Wildman–Crippen MR) is 65.6 cm³/mol. The molecule has 0 spiro atoms. The Bertz CT molecular complexity index is 365. The zero-order chi connectivity index (χ0) is 12.1. The summed E-state index contributed by atoms with van der Waals surface area (Å²) >= 11 is 0. The highest BCUT2D eigenvalue weighted by molar-refractivity contribution is 5.92. The van der Waals surface area contributed by atoms with Gasteiger partial charge in [0.05, 0.1) is 0 Å². The van der Waals surface area contributed by atoms with Gasteiger partial charge in [0.2, 0.25) is 0 Å². The molecule has 0 bridgehead atoms. The van der Waals surface area contributed by atoms with Crippen LogP contribution in [0.4, 0.5) is 5.82 Å². The van der Waals surface area contributed by atoms with Crippen molar-refractivity contribution >= 4 is 11.7 Å². The number of aromatic nitrogens is 1. The average molecular weight is 221 g/mol. The molecule has 0 aliphatic carbocycles. The fraction of sp³-hybridized carbons (Fsp3) is 0.500. The highest BCUT2D eigenvalue weighted by Gasteiger charge is 2.17. The van der Waals surface area contributed by atoms with Crippen molar-refractivity contribution in [1.29, 1.82) is 0 Å². The number of amides is 1. The molecule has 1 atom stereocenters. The first-order valence-electron chi connectivity index (χ1n) is 5.52. The molecule has 0 saturated heterocycles. The van der Waals surface area contributed by atoms with Crippen LogP contribution in [0.2, 0.25) is 0 Å². The molecule has 0 saturated carbocycles. The van der Waals surface area contributed by atoms with E-state index in [1.54, 1.807) is 18.0 Å². The Hall–Kier alpha value is -1.58. The minimum absolute atomic E-state index is 0.0357. The lowest BCUT2D eigenvalue weighted by atomic mass is 10.2. The molecule has 4 heteroatoms. The molecule has 88 valence electrons. The van der Waals surface area contributed by atoms with Crippen molar-refractivity contribution in [1.82, 2.24) is 9.88 Å². The monoisotopic (exact) mass is 221 g/mol. The van der Waals surface area contributed by atoms with Gasteiger partial charge in [0.15, 0.2) is 0 Å². The summed E-state index contributed by atoms with van der Waals surface area (Å²) in [6.45, 7) is 4.09. The third-order valence-electron chi connectivity index (χ3n) is 2.80. The normalized spacial score (nSPS) is 12.0. The van der Waals surface area contributed by atoms with E-state index in [1.807, 2.05) is 26.1 Å². The molecule has 0 aliphatic rings. The predicted octanol–water partition coefficient (Wildman–Crippen LogP) is 1.99. The lowest BCUT2D eigenvalue weighted by Gasteiger charge is -2.23. The molecule has 0 aliphatic heterocycles. The largest absolute Gasteiger partial charge is 0.373 e. The Kier molecular flexibility index (Phi) is 4.28. The molecule has 1 unspecified atom stereocenters. The van der Waals surface area contributed by atoms with Gasteiger partial charge >= 0.3 is 0 Å². The molecule has 1 aromatic rings. The van der Waals surface area contributed by atoms with Crippen molar-refractivity contribution in [2.75, 3.05) is 19.4 Å². The quantitative estimate of drug-likeness (QED) is 0.845. The second-order valence-electron chi connectivity index (χ2n) is 3.83. The van der Waals surface area contributed by atoms with Crippen LogP contribution < -0.4 is 5.32 Å². The van der Waals surface area contributed by atoms with Gasteiger partial charge in [-0.25, -0.2) is 4.98 Å². The minimum Gasteiger partial charge on any atom is -0.373 e. The average Bonchev–Trinajstić information content (AvgIpc) is 2.36. The van der Waals surface area contributed by atoms with Gasteiger partial charge in [0, 0.05) is 20.1 Å². The summed E-state index contributed by atoms with van der Waals surface area (Å²) < 4.78 is 0. The van der Waals surface area contributed by atoms with E-state index < -0.39 is 0 Å². The van der Waals surface area contributed by atoms with Crippen molar-refractivity contribution < 1.29 is 4.79 Å². The number of carbonyl (C=O) groups excluding carboxylic acids is 1. The molecule has 0 aromatic carbocycles. The first kappa shape index (κ1) is 12.5. The molecule has 0 radical (unpaired) electrons. The van der Waals surface area contributed by atoms with Crippen molar-refractivity contribution in [3.63, 3.8) is 0 Å². The van der Waals surface area contributed by atoms with Crippen LogP contribution in [0.3, 0.4) is 0 Å². The molecule has 1 aromatic heterocycles. The topological polar surface area (TPSA) is 45.2 Å². The maximum atomic E-state index is 12.0. The third kappa shape index (κ3) is 2.72. The Morgan fingerprint density at radius 1 is 1.56 bits per heavy atom. The van der Waals surface area contributed by atoms with Gasteiger partial charge in [0.25, 0.3) is 5.91 Å². The number of hydrogen-bond acceptors (Lipinski definition) is 3. The molecule has 1 rings (SSSR count). The molecule has 4 nitrogen and oxygen atoms in total. The van der Waals surface area contributed by atoms with Crippen molar-refractivity contribution in [2.24, 2.45) is 0 Å². The summed E-state index contributed by atoms with van der Waals surface area (Å²) in [7, 11) is 3.60. The van der Waals surface area contributed by atoms with Gasteiger partial charge in [-0.05, 0) is 25.5 Å². The van der Waals surface area contributed by atoms with Gasteiger partial charge in [-0.1, -0.05) is 13.0 Å². The summed E-state index contributed by atoms with van der Waals surface area (Å²) in [5, 5.41) is 2.92. The summed E-state index contributed by atoms with van der Waals surface area (Å²) in [5.41, 5.74) is 0.481. The van der Waals surface area contributed by atoms with E-state index in [4.69, 9.17) is 0 Å². The standard InChI is InChI=1S/C12H19N3O/c1-5-9(2)15(4)12(16)10-7-6-8-11(13-3)14-10/h6-9H,5H2,1-4H3,(H,13,14). The molecular weight excluding hydrogens is 202 g/mol. The Morgan fingerprint density at radius 3 is 2.81 bits per heavy atom. The van der Waals surface area contributed by atoms with Crippen LogP contribution in [-0.4, -0.2) is 35.9 Å². The summed E-state index contributed by atoms with van der Waals surface area (Å²) in [6, 6.07) is 5.63. The number of carbonyl (C=O) groups is 1. The van der Waals surface area contributed by atoms with Crippen LogP contribution in [-0.2, 0) is 0 Å². The van der Waals surface area contributed by atoms with Gasteiger partial charge < -0.3 is 10.2 Å². The minimum atomic E-state index is -0.0357. The van der Waals surface area contributed by atoms with E-state index >= 15 is 0 Å². The zero-order valence-electron chi connectivity index (χ0n) is 10.3. The fourth-order valence-corrected chi connectivity index (χ4v) is 1.35. The van der Waals surface area contributed by atoms with Crippen LogP contribution >= 0.6 is 0 Å². The maximum Gasteiger partial charge on any atom is 0.272 e. The van der Waals surface area contributed by atoms with E-state index in [9.17, 15) is 4.79 Å². The number of nitrogens with one attached hydrogen (secondary N) is 1. The zero-order valence-corrected chi connectivity index (χ0v) is 10.3. The summed E-state index contributed by atoms with van der Waals surface area (Å²) in [6.07, 6.45) is 0.938. The molecule has 16 heavy (non-hydrogen) atoms. The first-order valence-corrected chi connectivity index (χ1v) is 5.52. The van der Waals surface area contributed by atoms with E-state index in [2.05, 4.69) is 17.2 Å². The lowest BCUT2D eigenvalue weighted by molar-refractivity contribution is 0.0735. The third-order valence-corrected chi connectivity index (χ3v) is 2.80. The Balaban J connectivity index is 2.87. The van der Waals surface area contributed by atoms with Crippen LogP contribution in [0.5, 0.6) is 0 Å². The SMILES string of the molecule is CCC(C)N(C)C(=O)c1cccc(NC)n1. The van der Waals surface area contributed by atoms with Crippen molar-refractivity contribution in [3.8, 4) is 0 Å². The Labute approximate surface area is 96.7 Å². The maximum absolute atomic E-state index is 12.0. The number of nitrogens with zero attached hydrogens (tertiary/aromatic N) is 2. The van der Waals surface area contributed by atoms with Gasteiger partial charge in [-0.15, -0.1) is 0 Å². The van der Waals surface area contributed by atoms with Crippen molar-refractivity contribution in [2.45, 2.75) is 26.3 Å². The van der Waals surface area contributed by atoms with E-state index in [0.717, 1.165) is 6.42 Å². The van der Waals surface area contributed by atoms with Crippen LogP contribution in [0.1, 0.15) is 30.8 Å². The molecule has 1 heterocycles. The van der Waals surface area contributed by atoms with Crippen LogP contribution in [0.25, 0.3) is 0 Å². The highest BCUT2D eigenvalue weighted by Crippen LogP contribution is 2.09. The van der Waals surface area contributed by atoms with Crippen LogP contribution in [0, 0.1) is 0 Å². The number of pyridine rings is 1. The second-order valence-corrected chi connectivity index (χ2v) is 3.83. The fourth-order valence-electron chi connectivity index (χ4n) is 1.35. The summed E-state index contributed by atoms with van der Waals surface area (Å²) in [4.78, 5) is 18.0. The van der Waals surface area contributed by atoms with E-state index in [1.165, 1.54) is 0 Å². The molecule has 1 amide bonds.